The molecule has 0 amide bonds. The summed E-state index contributed by atoms with van der Waals surface area (Å²) in [7, 11) is 1.77. The summed E-state index contributed by atoms with van der Waals surface area (Å²) in [6.07, 6.45) is 0.254. The lowest BCUT2D eigenvalue weighted by atomic mass is 10.0. The largest absolute Gasteiger partial charge is 0.294 e. The summed E-state index contributed by atoms with van der Waals surface area (Å²) in [5.74, 6) is 0.0167. The maximum Gasteiger partial charge on any atom is 0.169 e. The van der Waals surface area contributed by atoms with Crippen LogP contribution in [-0.2, 0) is 13.5 Å². The summed E-state index contributed by atoms with van der Waals surface area (Å²) in [6.45, 7) is 5.61. The van der Waals surface area contributed by atoms with Crippen molar-refractivity contribution in [1.29, 1.82) is 0 Å². The maximum absolute atomic E-state index is 12.3. The highest BCUT2D eigenvalue weighted by Gasteiger charge is 2.17. The molecule has 4 nitrogen and oxygen atoms in total. The number of hydrogen-bond donors (Lipinski definition) is 0. The minimum Gasteiger partial charge on any atom is -0.294 e. The number of hydrogen-bond acceptors (Lipinski definition) is 3. The van der Waals surface area contributed by atoms with E-state index >= 15 is 0 Å². The number of carbonyl (C=O) groups is 1. The van der Waals surface area contributed by atoms with Crippen LogP contribution in [0.3, 0.4) is 0 Å². The molecule has 0 unspecified atom stereocenters. The molecule has 0 bridgehead atoms. The van der Waals surface area contributed by atoms with Crippen LogP contribution in [0.25, 0.3) is 0 Å². The Kier molecular flexibility index (Phi) is 3.71. The maximum atomic E-state index is 12.3. The molecule has 0 spiro atoms. The Bertz CT molecular complexity index is 646. The third kappa shape index (κ3) is 2.68. The zero-order valence-electron chi connectivity index (χ0n) is 11.5. The van der Waals surface area contributed by atoms with Gasteiger partial charge in [0.25, 0.3) is 0 Å². The smallest absolute Gasteiger partial charge is 0.169 e. The molecule has 0 aliphatic carbocycles. The Morgan fingerprint density at radius 1 is 1.26 bits per heavy atom. The van der Waals surface area contributed by atoms with Crippen molar-refractivity contribution in [1.82, 2.24) is 14.8 Å². The quantitative estimate of drug-likeness (QED) is 0.811. The van der Waals surface area contributed by atoms with Crippen molar-refractivity contribution < 1.29 is 4.79 Å². The zero-order chi connectivity index (χ0) is 14.2. The van der Waals surface area contributed by atoms with E-state index in [4.69, 9.17) is 11.6 Å². The fraction of sp³-hybridized carbons (Fsp3) is 0.357. The number of pyridine rings is 1. The van der Waals surface area contributed by atoms with E-state index in [1.165, 1.54) is 0 Å². The lowest BCUT2D eigenvalue weighted by Gasteiger charge is -2.05. The third-order valence-corrected chi connectivity index (χ3v) is 3.61. The highest BCUT2D eigenvalue weighted by atomic mass is 35.5. The van der Waals surface area contributed by atoms with Crippen LogP contribution in [0.4, 0.5) is 0 Å². The van der Waals surface area contributed by atoms with Gasteiger partial charge in [-0.25, -0.2) is 0 Å². The molecule has 0 saturated heterocycles. The van der Waals surface area contributed by atoms with Crippen LogP contribution in [0.2, 0.25) is 5.15 Å². The van der Waals surface area contributed by atoms with Gasteiger partial charge in [-0.3, -0.25) is 14.5 Å². The van der Waals surface area contributed by atoms with E-state index in [2.05, 4.69) is 10.1 Å². The molecule has 0 aliphatic heterocycles. The summed E-state index contributed by atoms with van der Waals surface area (Å²) in [6, 6.07) is 3.66. The summed E-state index contributed by atoms with van der Waals surface area (Å²) in [5.41, 5.74) is 3.88. The van der Waals surface area contributed by atoms with E-state index < -0.39 is 0 Å². The van der Waals surface area contributed by atoms with E-state index in [0.717, 1.165) is 22.6 Å². The molecule has 0 aliphatic rings. The average Bonchev–Trinajstić information content (AvgIpc) is 2.56. The summed E-state index contributed by atoms with van der Waals surface area (Å²) in [4.78, 5) is 16.6. The topological polar surface area (TPSA) is 47.8 Å². The molecule has 2 aromatic heterocycles. The zero-order valence-corrected chi connectivity index (χ0v) is 12.2. The molecule has 19 heavy (non-hydrogen) atoms. The number of nitrogens with zero attached hydrogens (tertiary/aromatic N) is 3. The van der Waals surface area contributed by atoms with Crippen molar-refractivity contribution >= 4 is 17.4 Å². The Balaban J connectivity index is 2.31. The van der Waals surface area contributed by atoms with Gasteiger partial charge in [-0.15, -0.1) is 0 Å². The molecular weight excluding hydrogens is 262 g/mol. The minimum atomic E-state index is 0.0167. The van der Waals surface area contributed by atoms with Gasteiger partial charge in [0.05, 0.1) is 5.69 Å². The molecule has 0 atom stereocenters. The number of ketones is 1. The Morgan fingerprint density at radius 3 is 2.47 bits per heavy atom. The molecule has 0 radical (unpaired) electrons. The van der Waals surface area contributed by atoms with Gasteiger partial charge < -0.3 is 0 Å². The van der Waals surface area contributed by atoms with Crippen LogP contribution in [-0.4, -0.2) is 20.5 Å². The lowest BCUT2D eigenvalue weighted by Crippen LogP contribution is -2.08. The summed E-state index contributed by atoms with van der Waals surface area (Å²) in [5, 5.41) is 4.73. The lowest BCUT2D eigenvalue weighted by molar-refractivity contribution is 0.0991. The van der Waals surface area contributed by atoms with Gasteiger partial charge >= 0.3 is 0 Å². The monoisotopic (exact) mass is 277 g/mol. The van der Waals surface area contributed by atoms with Crippen molar-refractivity contribution in [2.24, 2.45) is 7.05 Å². The van der Waals surface area contributed by atoms with Crippen LogP contribution >= 0.6 is 11.6 Å². The number of Topliss-reactive ketones (excluding diaryl/α,β-unsaturated/α-hetero) is 1. The molecule has 0 aromatic carbocycles. The highest BCUT2D eigenvalue weighted by Crippen LogP contribution is 2.21. The van der Waals surface area contributed by atoms with Gasteiger partial charge in [0, 0.05) is 36.0 Å². The van der Waals surface area contributed by atoms with Gasteiger partial charge in [-0.1, -0.05) is 11.6 Å². The van der Waals surface area contributed by atoms with Gasteiger partial charge in [-0.05, 0) is 32.9 Å². The number of aromatic nitrogens is 3. The first kappa shape index (κ1) is 13.7. The molecule has 2 rings (SSSR count). The number of aryl methyl sites for hydroxylation is 4. The predicted molar refractivity (Wildman–Crippen MR) is 74.7 cm³/mol. The predicted octanol–water partition coefficient (Wildman–Crippen LogP) is 2.82. The third-order valence-electron chi connectivity index (χ3n) is 3.13. The van der Waals surface area contributed by atoms with Gasteiger partial charge in [0.1, 0.15) is 5.15 Å². The van der Waals surface area contributed by atoms with E-state index in [0.29, 0.717) is 10.7 Å². The van der Waals surface area contributed by atoms with Crippen molar-refractivity contribution in [2.75, 3.05) is 0 Å². The summed E-state index contributed by atoms with van der Waals surface area (Å²) >= 11 is 6.14. The normalized spacial score (nSPS) is 10.8. The Labute approximate surface area is 117 Å². The first-order chi connectivity index (χ1) is 8.90. The van der Waals surface area contributed by atoms with E-state index in [1.54, 1.807) is 11.7 Å². The Morgan fingerprint density at radius 2 is 1.95 bits per heavy atom. The van der Waals surface area contributed by atoms with Gasteiger partial charge in [-0.2, -0.15) is 5.10 Å². The van der Waals surface area contributed by atoms with Crippen LogP contribution < -0.4 is 0 Å². The second kappa shape index (κ2) is 5.13. The fourth-order valence-electron chi connectivity index (χ4n) is 2.11. The molecule has 5 heteroatoms. The van der Waals surface area contributed by atoms with Crippen molar-refractivity contribution in [3.8, 4) is 0 Å². The first-order valence-corrected chi connectivity index (χ1v) is 6.43. The molecule has 100 valence electrons. The van der Waals surface area contributed by atoms with E-state index in [1.807, 2.05) is 32.9 Å². The van der Waals surface area contributed by atoms with Crippen LogP contribution in [0.1, 0.15) is 33.0 Å². The second-order valence-corrected chi connectivity index (χ2v) is 5.02. The minimum absolute atomic E-state index is 0.0167. The first-order valence-electron chi connectivity index (χ1n) is 6.05. The van der Waals surface area contributed by atoms with Gasteiger partial charge in [0.15, 0.2) is 5.78 Å². The SMILES string of the molecule is Cc1ccc(C(=O)Cc2c(C)nn(C)c2Cl)c(C)n1. The molecule has 2 heterocycles. The standard InChI is InChI=1S/C14H16ClN3O/c1-8-5-6-11(9(2)16-8)13(19)7-12-10(3)17-18(4)14(12)15/h5-6H,7H2,1-4H3. The molecule has 2 aromatic rings. The number of carbonyl (C=O) groups excluding carboxylic acids is 1. The van der Waals surface area contributed by atoms with Crippen molar-refractivity contribution in [2.45, 2.75) is 27.2 Å². The molecule has 0 fully saturated rings. The van der Waals surface area contributed by atoms with E-state index in [9.17, 15) is 4.79 Å². The van der Waals surface area contributed by atoms with Gasteiger partial charge in [0.2, 0.25) is 0 Å². The highest BCUT2D eigenvalue weighted by molar-refractivity contribution is 6.30. The second-order valence-electron chi connectivity index (χ2n) is 4.66. The van der Waals surface area contributed by atoms with Crippen LogP contribution in [0.5, 0.6) is 0 Å². The fourth-order valence-corrected chi connectivity index (χ4v) is 2.35. The Hall–Kier alpha value is -1.68. The van der Waals surface area contributed by atoms with Crippen LogP contribution in [0, 0.1) is 20.8 Å². The van der Waals surface area contributed by atoms with Crippen molar-refractivity contribution in [3.63, 3.8) is 0 Å². The molecule has 0 N–H and O–H groups in total. The molecule has 0 saturated carbocycles. The van der Waals surface area contributed by atoms with E-state index in [-0.39, 0.29) is 12.2 Å². The van der Waals surface area contributed by atoms with Crippen LogP contribution in [0.15, 0.2) is 12.1 Å². The number of halogens is 1. The van der Waals surface area contributed by atoms with Crippen molar-refractivity contribution in [3.05, 3.63) is 45.5 Å². The number of rotatable bonds is 3. The molecular formula is C14H16ClN3O. The summed E-state index contributed by atoms with van der Waals surface area (Å²) < 4.78 is 1.58. The average molecular weight is 278 g/mol.